The van der Waals surface area contributed by atoms with Gasteiger partial charge in [-0.3, -0.25) is 4.79 Å². The molecule has 0 atom stereocenters. The molecule has 5 nitrogen and oxygen atoms in total. The molecule has 1 rings (SSSR count). The number of hydrogen-bond acceptors (Lipinski definition) is 4. The van der Waals surface area contributed by atoms with Crippen molar-refractivity contribution >= 4 is 5.91 Å². The van der Waals surface area contributed by atoms with Crippen LogP contribution in [0.15, 0.2) is 0 Å². The molecular formula is C13H26N2O3. The summed E-state index contributed by atoms with van der Waals surface area (Å²) >= 11 is 0. The van der Waals surface area contributed by atoms with E-state index in [1.54, 1.807) is 0 Å². The van der Waals surface area contributed by atoms with E-state index < -0.39 is 5.54 Å². The Morgan fingerprint density at radius 1 is 1.28 bits per heavy atom. The summed E-state index contributed by atoms with van der Waals surface area (Å²) in [6, 6.07) is 0. The van der Waals surface area contributed by atoms with Gasteiger partial charge in [0.15, 0.2) is 0 Å². The lowest BCUT2D eigenvalue weighted by atomic mass is 9.75. The van der Waals surface area contributed by atoms with Gasteiger partial charge < -0.3 is 20.8 Å². The highest BCUT2D eigenvalue weighted by Gasteiger charge is 2.41. The second-order valence-corrected chi connectivity index (χ2v) is 5.29. The van der Waals surface area contributed by atoms with Crippen LogP contribution in [-0.2, 0) is 4.79 Å². The SMILES string of the molecule is CCC(CO)(CO)NC(=O)C1(CC)CCNCC1. The first kappa shape index (κ1) is 15.4. The van der Waals surface area contributed by atoms with Crippen LogP contribution in [-0.4, -0.2) is 48.0 Å². The lowest BCUT2D eigenvalue weighted by Crippen LogP contribution is -2.59. The normalized spacial score (nSPS) is 19.6. The van der Waals surface area contributed by atoms with E-state index in [-0.39, 0.29) is 24.5 Å². The molecule has 0 aliphatic carbocycles. The molecular weight excluding hydrogens is 232 g/mol. The van der Waals surface area contributed by atoms with E-state index in [1.807, 2.05) is 13.8 Å². The molecule has 5 heteroatoms. The maximum Gasteiger partial charge on any atom is 0.226 e. The van der Waals surface area contributed by atoms with Crippen LogP contribution in [0.3, 0.4) is 0 Å². The van der Waals surface area contributed by atoms with Gasteiger partial charge in [0.2, 0.25) is 5.91 Å². The smallest absolute Gasteiger partial charge is 0.226 e. The zero-order chi connectivity index (χ0) is 13.6. The molecule has 0 bridgehead atoms. The van der Waals surface area contributed by atoms with E-state index in [4.69, 9.17) is 0 Å². The van der Waals surface area contributed by atoms with Crippen molar-refractivity contribution in [2.45, 2.75) is 45.1 Å². The van der Waals surface area contributed by atoms with E-state index in [9.17, 15) is 15.0 Å². The predicted molar refractivity (Wildman–Crippen MR) is 70.2 cm³/mol. The Morgan fingerprint density at radius 2 is 1.83 bits per heavy atom. The fraction of sp³-hybridized carbons (Fsp3) is 0.923. The minimum Gasteiger partial charge on any atom is -0.394 e. The van der Waals surface area contributed by atoms with Crippen LogP contribution in [0, 0.1) is 5.41 Å². The van der Waals surface area contributed by atoms with Gasteiger partial charge in [-0.15, -0.1) is 0 Å². The molecule has 4 N–H and O–H groups in total. The van der Waals surface area contributed by atoms with Gasteiger partial charge in [-0.05, 0) is 38.8 Å². The average Bonchev–Trinajstić information content (AvgIpc) is 2.45. The second-order valence-electron chi connectivity index (χ2n) is 5.29. The van der Waals surface area contributed by atoms with Gasteiger partial charge in [-0.2, -0.15) is 0 Å². The summed E-state index contributed by atoms with van der Waals surface area (Å²) in [6.45, 7) is 5.11. The number of aliphatic hydroxyl groups excluding tert-OH is 2. The molecule has 0 aromatic rings. The molecule has 1 heterocycles. The Kier molecular flexibility index (Phi) is 5.56. The van der Waals surface area contributed by atoms with Gasteiger partial charge in [0.05, 0.1) is 24.2 Å². The molecule has 1 saturated heterocycles. The maximum atomic E-state index is 12.5. The van der Waals surface area contributed by atoms with E-state index in [2.05, 4.69) is 10.6 Å². The van der Waals surface area contributed by atoms with Crippen molar-refractivity contribution in [1.29, 1.82) is 0 Å². The Balaban J connectivity index is 2.78. The second kappa shape index (κ2) is 6.50. The number of aliphatic hydroxyl groups is 2. The van der Waals surface area contributed by atoms with Gasteiger partial charge in [-0.25, -0.2) is 0 Å². The Hall–Kier alpha value is -0.650. The molecule has 0 unspecified atom stereocenters. The third-order valence-electron chi connectivity index (χ3n) is 4.38. The summed E-state index contributed by atoms with van der Waals surface area (Å²) < 4.78 is 0. The molecule has 1 aliphatic rings. The van der Waals surface area contributed by atoms with Gasteiger partial charge >= 0.3 is 0 Å². The van der Waals surface area contributed by atoms with Crippen molar-refractivity contribution in [1.82, 2.24) is 10.6 Å². The maximum absolute atomic E-state index is 12.5. The topological polar surface area (TPSA) is 81.6 Å². The van der Waals surface area contributed by atoms with Gasteiger partial charge in [0.1, 0.15) is 0 Å². The molecule has 0 radical (unpaired) electrons. The molecule has 18 heavy (non-hydrogen) atoms. The fourth-order valence-corrected chi connectivity index (χ4v) is 2.46. The predicted octanol–water partition coefficient (Wildman–Crippen LogP) is 0.0158. The van der Waals surface area contributed by atoms with Gasteiger partial charge in [0, 0.05) is 0 Å². The zero-order valence-electron chi connectivity index (χ0n) is 11.5. The standard InChI is InChI=1S/C13H26N2O3/c1-3-12(5-7-14-8-6-12)11(18)15-13(4-2,9-16)10-17/h14,16-17H,3-10H2,1-2H3,(H,15,18). The van der Waals surface area contributed by atoms with Crippen molar-refractivity contribution in [3.63, 3.8) is 0 Å². The third-order valence-corrected chi connectivity index (χ3v) is 4.38. The fourth-order valence-electron chi connectivity index (χ4n) is 2.46. The molecule has 0 aromatic carbocycles. The zero-order valence-corrected chi connectivity index (χ0v) is 11.5. The van der Waals surface area contributed by atoms with Crippen molar-refractivity contribution in [3.05, 3.63) is 0 Å². The Bertz CT molecular complexity index is 263. The summed E-state index contributed by atoms with van der Waals surface area (Å²) in [5.41, 5.74) is -1.24. The molecule has 0 aromatic heterocycles. The summed E-state index contributed by atoms with van der Waals surface area (Å²) in [5, 5.41) is 24.9. The van der Waals surface area contributed by atoms with Crippen molar-refractivity contribution in [2.24, 2.45) is 5.41 Å². The quantitative estimate of drug-likeness (QED) is 0.541. The van der Waals surface area contributed by atoms with Crippen LogP contribution in [0.5, 0.6) is 0 Å². The average molecular weight is 258 g/mol. The number of nitrogens with one attached hydrogen (secondary N) is 2. The largest absolute Gasteiger partial charge is 0.394 e. The molecule has 106 valence electrons. The molecule has 1 fully saturated rings. The minimum absolute atomic E-state index is 0.0311. The summed E-state index contributed by atoms with van der Waals surface area (Å²) in [6.07, 6.45) is 2.93. The minimum atomic E-state index is -0.885. The van der Waals surface area contributed by atoms with Crippen molar-refractivity contribution in [2.75, 3.05) is 26.3 Å². The van der Waals surface area contributed by atoms with Crippen LogP contribution in [0.2, 0.25) is 0 Å². The number of rotatable bonds is 6. The van der Waals surface area contributed by atoms with Crippen LogP contribution < -0.4 is 10.6 Å². The molecule has 1 amide bonds. The first-order valence-corrected chi connectivity index (χ1v) is 6.83. The number of carbonyl (C=O) groups excluding carboxylic acids is 1. The first-order chi connectivity index (χ1) is 8.58. The van der Waals surface area contributed by atoms with Gasteiger partial charge in [0.25, 0.3) is 0 Å². The monoisotopic (exact) mass is 258 g/mol. The summed E-state index contributed by atoms with van der Waals surface area (Å²) in [4.78, 5) is 12.5. The highest BCUT2D eigenvalue weighted by atomic mass is 16.3. The van der Waals surface area contributed by atoms with Crippen LogP contribution in [0.1, 0.15) is 39.5 Å². The highest BCUT2D eigenvalue weighted by Crippen LogP contribution is 2.33. The molecule has 1 aliphatic heterocycles. The number of piperidine rings is 1. The number of amides is 1. The van der Waals surface area contributed by atoms with Crippen molar-refractivity contribution in [3.8, 4) is 0 Å². The Labute approximate surface area is 109 Å². The molecule has 0 spiro atoms. The summed E-state index contributed by atoms with van der Waals surface area (Å²) in [5.74, 6) is -0.0311. The Morgan fingerprint density at radius 3 is 2.22 bits per heavy atom. The number of carbonyl (C=O) groups is 1. The van der Waals surface area contributed by atoms with Gasteiger partial charge in [-0.1, -0.05) is 13.8 Å². The third kappa shape index (κ3) is 3.02. The van der Waals surface area contributed by atoms with Crippen LogP contribution in [0.25, 0.3) is 0 Å². The van der Waals surface area contributed by atoms with E-state index in [0.29, 0.717) is 6.42 Å². The van der Waals surface area contributed by atoms with E-state index in [1.165, 1.54) is 0 Å². The lowest BCUT2D eigenvalue weighted by molar-refractivity contribution is -0.136. The lowest BCUT2D eigenvalue weighted by Gasteiger charge is -2.39. The summed E-state index contributed by atoms with van der Waals surface area (Å²) in [7, 11) is 0. The van der Waals surface area contributed by atoms with E-state index in [0.717, 1.165) is 32.4 Å². The highest BCUT2D eigenvalue weighted by molar-refractivity contribution is 5.83. The first-order valence-electron chi connectivity index (χ1n) is 6.83. The van der Waals surface area contributed by atoms with Crippen molar-refractivity contribution < 1.29 is 15.0 Å². The van der Waals surface area contributed by atoms with Crippen LogP contribution in [0.4, 0.5) is 0 Å². The number of hydrogen-bond donors (Lipinski definition) is 4. The van der Waals surface area contributed by atoms with E-state index >= 15 is 0 Å². The molecule has 0 saturated carbocycles. The van der Waals surface area contributed by atoms with Crippen LogP contribution >= 0.6 is 0 Å².